The van der Waals surface area contributed by atoms with E-state index in [4.69, 9.17) is 0 Å². The zero-order valence-electron chi connectivity index (χ0n) is 19.2. The van der Waals surface area contributed by atoms with Crippen LogP contribution in [0.1, 0.15) is 48.9 Å². The van der Waals surface area contributed by atoms with Gasteiger partial charge in [-0.2, -0.15) is 0 Å². The molecule has 1 aliphatic heterocycles. The summed E-state index contributed by atoms with van der Waals surface area (Å²) in [7, 11) is 4.03. The molecule has 0 saturated carbocycles. The third kappa shape index (κ3) is 4.67. The molecule has 4 rings (SSSR count). The number of hydrogen-bond acceptors (Lipinski definition) is 3. The van der Waals surface area contributed by atoms with Crippen molar-refractivity contribution in [3.8, 4) is 11.3 Å². The number of nitrogens with one attached hydrogen (secondary N) is 1. The van der Waals surface area contributed by atoms with E-state index in [1.54, 1.807) is 0 Å². The molecule has 1 amide bonds. The van der Waals surface area contributed by atoms with Crippen molar-refractivity contribution in [2.75, 3.05) is 33.7 Å². The number of pyridine rings is 1. The second-order valence-electron chi connectivity index (χ2n) is 9.03. The molecule has 0 bridgehead atoms. The summed E-state index contributed by atoms with van der Waals surface area (Å²) in [5.41, 5.74) is 7.41. The molecule has 3 heterocycles. The highest BCUT2D eigenvalue weighted by Crippen LogP contribution is 2.35. The van der Waals surface area contributed by atoms with Crippen LogP contribution in [0.5, 0.6) is 0 Å². The van der Waals surface area contributed by atoms with Crippen LogP contribution in [-0.4, -0.2) is 59.4 Å². The first-order valence-electron chi connectivity index (χ1n) is 11.5. The molecule has 31 heavy (non-hydrogen) atoms. The SMILES string of the molecule is CCc1c(-c2ccnc(C)c2)[nH]c2ccc(C3CCN(C(=O)CCN(C)C)CC3)cc12. The van der Waals surface area contributed by atoms with Crippen LogP contribution < -0.4 is 0 Å². The van der Waals surface area contributed by atoms with E-state index < -0.39 is 0 Å². The maximum absolute atomic E-state index is 12.5. The van der Waals surface area contributed by atoms with Gasteiger partial charge in [0.25, 0.3) is 0 Å². The Labute approximate surface area is 185 Å². The van der Waals surface area contributed by atoms with Gasteiger partial charge in [-0.1, -0.05) is 13.0 Å². The van der Waals surface area contributed by atoms with Gasteiger partial charge in [-0.25, -0.2) is 0 Å². The Morgan fingerprint density at radius 3 is 2.65 bits per heavy atom. The summed E-state index contributed by atoms with van der Waals surface area (Å²) < 4.78 is 0. The number of benzene rings is 1. The fraction of sp³-hybridized carbons (Fsp3) is 0.462. The van der Waals surface area contributed by atoms with Gasteiger partial charge in [0.05, 0.1) is 0 Å². The van der Waals surface area contributed by atoms with E-state index in [1.165, 1.54) is 33.3 Å². The lowest BCUT2D eigenvalue weighted by Gasteiger charge is -2.32. The van der Waals surface area contributed by atoms with Crippen LogP contribution in [0.4, 0.5) is 0 Å². The van der Waals surface area contributed by atoms with Crippen LogP contribution in [0.2, 0.25) is 0 Å². The summed E-state index contributed by atoms with van der Waals surface area (Å²) in [5.74, 6) is 0.812. The van der Waals surface area contributed by atoms with Gasteiger partial charge in [0, 0.05) is 60.1 Å². The molecule has 0 aliphatic carbocycles. The molecule has 0 radical (unpaired) electrons. The zero-order chi connectivity index (χ0) is 22.0. The van der Waals surface area contributed by atoms with Gasteiger partial charge in [-0.15, -0.1) is 0 Å². The molecule has 3 aromatic rings. The molecular weight excluding hydrogens is 384 g/mol. The molecular formula is C26H34N4O. The van der Waals surface area contributed by atoms with Gasteiger partial charge in [0.1, 0.15) is 0 Å². The Hall–Kier alpha value is -2.66. The number of aryl methyl sites for hydroxylation is 2. The molecule has 1 aliphatic rings. The summed E-state index contributed by atoms with van der Waals surface area (Å²) in [4.78, 5) is 24.6. The lowest BCUT2D eigenvalue weighted by Crippen LogP contribution is -2.39. The highest BCUT2D eigenvalue weighted by molar-refractivity contribution is 5.91. The second kappa shape index (κ2) is 9.23. The van der Waals surface area contributed by atoms with Crippen LogP contribution in [-0.2, 0) is 11.2 Å². The fourth-order valence-corrected chi connectivity index (χ4v) is 4.77. The Bertz CT molecular complexity index is 1060. The molecule has 0 spiro atoms. The molecule has 1 aromatic carbocycles. The largest absolute Gasteiger partial charge is 0.354 e. The van der Waals surface area contributed by atoms with Gasteiger partial charge >= 0.3 is 0 Å². The predicted molar refractivity (Wildman–Crippen MR) is 127 cm³/mol. The maximum atomic E-state index is 12.5. The first-order chi connectivity index (χ1) is 15.0. The van der Waals surface area contributed by atoms with Gasteiger partial charge in [0.15, 0.2) is 0 Å². The van der Waals surface area contributed by atoms with Crippen LogP contribution >= 0.6 is 0 Å². The molecule has 5 heteroatoms. The number of piperidine rings is 1. The Morgan fingerprint density at radius 1 is 1.19 bits per heavy atom. The summed E-state index contributed by atoms with van der Waals surface area (Å²) in [5, 5.41) is 1.33. The number of fused-ring (bicyclic) bond motifs is 1. The van der Waals surface area contributed by atoms with Crippen molar-refractivity contribution >= 4 is 16.8 Å². The van der Waals surface area contributed by atoms with E-state index in [1.807, 2.05) is 27.2 Å². The lowest BCUT2D eigenvalue weighted by atomic mass is 9.88. The smallest absolute Gasteiger partial charge is 0.223 e. The maximum Gasteiger partial charge on any atom is 0.223 e. The summed E-state index contributed by atoms with van der Waals surface area (Å²) in [6.45, 7) is 6.81. The normalized spacial score (nSPS) is 15.2. The Kier molecular flexibility index (Phi) is 6.42. The standard InChI is InChI=1S/C26H34N4O/c1-5-22-23-17-20(19-9-14-30(15-10-19)25(31)11-13-29(3)4)6-7-24(23)28-26(22)21-8-12-27-18(2)16-21/h6-8,12,16-17,19,28H,5,9-11,13-15H2,1-4H3. The van der Waals surface area contributed by atoms with Crippen molar-refractivity contribution in [1.82, 2.24) is 19.8 Å². The molecule has 1 fully saturated rings. The fourth-order valence-electron chi connectivity index (χ4n) is 4.77. The molecule has 0 unspecified atom stereocenters. The van der Waals surface area contributed by atoms with E-state index >= 15 is 0 Å². The zero-order valence-corrected chi connectivity index (χ0v) is 19.2. The molecule has 1 N–H and O–H groups in total. The van der Waals surface area contributed by atoms with Gasteiger partial charge in [-0.3, -0.25) is 9.78 Å². The highest BCUT2D eigenvalue weighted by atomic mass is 16.2. The molecule has 164 valence electrons. The van der Waals surface area contributed by atoms with Crippen molar-refractivity contribution < 1.29 is 4.79 Å². The lowest BCUT2D eigenvalue weighted by molar-refractivity contribution is -0.132. The average molecular weight is 419 g/mol. The van der Waals surface area contributed by atoms with Crippen LogP contribution in [0.25, 0.3) is 22.2 Å². The van der Waals surface area contributed by atoms with Gasteiger partial charge in [-0.05, 0) is 81.6 Å². The first-order valence-corrected chi connectivity index (χ1v) is 11.5. The molecule has 0 atom stereocenters. The van der Waals surface area contributed by atoms with Gasteiger partial charge < -0.3 is 14.8 Å². The minimum absolute atomic E-state index is 0.291. The molecule has 1 saturated heterocycles. The summed E-state index contributed by atoms with van der Waals surface area (Å²) in [6.07, 6.45) is 5.57. The van der Waals surface area contributed by atoms with Crippen LogP contribution in [0, 0.1) is 6.92 Å². The molecule has 5 nitrogen and oxygen atoms in total. The van der Waals surface area contributed by atoms with E-state index in [0.717, 1.165) is 44.6 Å². The number of carbonyl (C=O) groups is 1. The number of carbonyl (C=O) groups excluding carboxylic acids is 1. The number of amides is 1. The number of aromatic amines is 1. The number of rotatable bonds is 6. The first kappa shape index (κ1) is 21.6. The van der Waals surface area contributed by atoms with E-state index in [0.29, 0.717) is 18.2 Å². The number of hydrogen-bond donors (Lipinski definition) is 1. The van der Waals surface area contributed by atoms with E-state index in [9.17, 15) is 4.79 Å². The quantitative estimate of drug-likeness (QED) is 0.628. The van der Waals surface area contributed by atoms with Crippen LogP contribution in [0.3, 0.4) is 0 Å². The average Bonchev–Trinajstić information content (AvgIpc) is 3.15. The number of aromatic nitrogens is 2. The highest BCUT2D eigenvalue weighted by Gasteiger charge is 2.24. The van der Waals surface area contributed by atoms with Crippen LogP contribution in [0.15, 0.2) is 36.5 Å². The number of nitrogens with zero attached hydrogens (tertiary/aromatic N) is 3. The number of likely N-dealkylation sites (tertiary alicyclic amines) is 1. The minimum atomic E-state index is 0.291. The van der Waals surface area contributed by atoms with Crippen molar-refractivity contribution in [3.05, 3.63) is 53.3 Å². The van der Waals surface area contributed by atoms with Crippen molar-refractivity contribution in [2.45, 2.75) is 45.4 Å². The van der Waals surface area contributed by atoms with Crippen molar-refractivity contribution in [3.63, 3.8) is 0 Å². The summed E-state index contributed by atoms with van der Waals surface area (Å²) in [6, 6.07) is 11.1. The third-order valence-corrected chi connectivity index (χ3v) is 6.56. The molecule has 2 aromatic heterocycles. The van der Waals surface area contributed by atoms with Crippen molar-refractivity contribution in [2.24, 2.45) is 0 Å². The van der Waals surface area contributed by atoms with Crippen molar-refractivity contribution in [1.29, 1.82) is 0 Å². The van der Waals surface area contributed by atoms with E-state index in [-0.39, 0.29) is 0 Å². The Balaban J connectivity index is 1.53. The Morgan fingerprint density at radius 2 is 1.97 bits per heavy atom. The van der Waals surface area contributed by atoms with E-state index in [2.05, 4.69) is 57.0 Å². The summed E-state index contributed by atoms with van der Waals surface area (Å²) >= 11 is 0. The minimum Gasteiger partial charge on any atom is -0.354 e. The monoisotopic (exact) mass is 418 g/mol. The topological polar surface area (TPSA) is 52.2 Å². The van der Waals surface area contributed by atoms with Gasteiger partial charge in [0.2, 0.25) is 5.91 Å². The second-order valence-corrected chi connectivity index (χ2v) is 9.03. The third-order valence-electron chi connectivity index (χ3n) is 6.56. The number of H-pyrrole nitrogens is 1. The predicted octanol–water partition coefficient (Wildman–Crippen LogP) is 4.76.